The van der Waals surface area contributed by atoms with Gasteiger partial charge in [-0.15, -0.1) is 0 Å². The van der Waals surface area contributed by atoms with E-state index in [2.05, 4.69) is 10.1 Å². The molecular formula is C25H25ClN4O7S. The van der Waals surface area contributed by atoms with Gasteiger partial charge in [-0.05, 0) is 35.7 Å². The summed E-state index contributed by atoms with van der Waals surface area (Å²) in [6.45, 7) is 0.418. The monoisotopic (exact) mass is 560 g/mol. The van der Waals surface area contributed by atoms with E-state index in [1.807, 2.05) is 6.07 Å². The molecule has 13 heteroatoms. The first-order valence-corrected chi connectivity index (χ1v) is 12.7. The van der Waals surface area contributed by atoms with Gasteiger partial charge in [0.1, 0.15) is 28.1 Å². The molecule has 2 aromatic carbocycles. The van der Waals surface area contributed by atoms with Gasteiger partial charge in [0.2, 0.25) is 11.3 Å². The Morgan fingerprint density at radius 2 is 1.84 bits per heavy atom. The van der Waals surface area contributed by atoms with Crippen molar-refractivity contribution in [3.63, 3.8) is 0 Å². The zero-order valence-corrected chi connectivity index (χ0v) is 22.3. The highest BCUT2D eigenvalue weighted by molar-refractivity contribution is 7.76. The Kier molecular flexibility index (Phi) is 8.47. The maximum Gasteiger partial charge on any atom is 0.357 e. The van der Waals surface area contributed by atoms with Crippen LogP contribution >= 0.6 is 11.6 Å². The summed E-state index contributed by atoms with van der Waals surface area (Å²) in [6, 6.07) is 12.1. The topological polar surface area (TPSA) is 136 Å². The van der Waals surface area contributed by atoms with Crippen molar-refractivity contribution in [3.05, 3.63) is 70.6 Å². The molecule has 2 N–H and O–H groups in total. The number of benzene rings is 2. The molecule has 4 aromatic rings. The standard InChI is InChI=1S/C25H25ClN4O7S/c1-35-17-6-5-16(21(11-17)36-2)8-9-29(38(33)34)14-15-4-7-19(22(10-15)37-3)30-20-12-23(26)27-13-18(20)24(28-30)25(31)32/h4-7,10-13H,8-9,14H2,1-3H3,(H,31,32)(H,33,34). The second kappa shape index (κ2) is 11.8. The Balaban J connectivity index is 1.61. The van der Waals surface area contributed by atoms with Gasteiger partial charge >= 0.3 is 5.97 Å². The largest absolute Gasteiger partial charge is 0.497 e. The third-order valence-electron chi connectivity index (χ3n) is 5.91. The number of halogens is 1. The molecule has 11 nitrogen and oxygen atoms in total. The Morgan fingerprint density at radius 1 is 1.08 bits per heavy atom. The van der Waals surface area contributed by atoms with Gasteiger partial charge in [0, 0.05) is 31.4 Å². The number of hydrogen-bond donors (Lipinski definition) is 2. The first kappa shape index (κ1) is 27.3. The van der Waals surface area contributed by atoms with Crippen molar-refractivity contribution in [3.8, 4) is 22.9 Å². The second-order valence-corrected chi connectivity index (χ2v) is 9.48. The van der Waals surface area contributed by atoms with Crippen LogP contribution in [0.1, 0.15) is 21.6 Å². The number of nitrogens with zero attached hydrogens (tertiary/aromatic N) is 4. The average molecular weight is 561 g/mol. The molecule has 2 heterocycles. The molecule has 4 rings (SSSR count). The van der Waals surface area contributed by atoms with Crippen molar-refractivity contribution < 1.29 is 32.9 Å². The molecule has 0 amide bonds. The number of rotatable bonds is 11. The maximum atomic E-state index is 12.1. The molecular weight excluding hydrogens is 536 g/mol. The minimum atomic E-state index is -2.24. The van der Waals surface area contributed by atoms with Gasteiger partial charge < -0.3 is 19.3 Å². The van der Waals surface area contributed by atoms with Crippen molar-refractivity contribution in [2.45, 2.75) is 13.0 Å². The Bertz CT molecular complexity index is 1510. The molecule has 0 aliphatic rings. The van der Waals surface area contributed by atoms with E-state index in [1.165, 1.54) is 28.4 Å². The molecule has 1 atom stereocenters. The number of carboxylic acid groups (broad SMARTS) is 1. The fraction of sp³-hybridized carbons (Fsp3) is 0.240. The number of fused-ring (bicyclic) bond motifs is 1. The van der Waals surface area contributed by atoms with Gasteiger partial charge in [0.05, 0.1) is 32.2 Å². The Morgan fingerprint density at radius 3 is 2.50 bits per heavy atom. The van der Waals surface area contributed by atoms with E-state index in [9.17, 15) is 18.7 Å². The number of aromatic carboxylic acids is 1. The number of methoxy groups -OCH3 is 3. The maximum absolute atomic E-state index is 12.1. The zero-order valence-electron chi connectivity index (χ0n) is 20.8. The fourth-order valence-corrected chi connectivity index (χ4v) is 4.70. The van der Waals surface area contributed by atoms with Crippen LogP contribution in [0.5, 0.6) is 17.2 Å². The van der Waals surface area contributed by atoms with Gasteiger partial charge in [-0.3, -0.25) is 4.55 Å². The molecule has 2 aromatic heterocycles. The molecule has 0 radical (unpaired) electrons. The first-order valence-electron chi connectivity index (χ1n) is 11.3. The van der Waals surface area contributed by atoms with E-state index in [0.717, 1.165) is 5.56 Å². The van der Waals surface area contributed by atoms with E-state index in [4.69, 9.17) is 25.8 Å². The molecule has 0 spiro atoms. The van der Waals surface area contributed by atoms with Crippen molar-refractivity contribution in [2.75, 3.05) is 27.9 Å². The first-order chi connectivity index (χ1) is 18.2. The lowest BCUT2D eigenvalue weighted by atomic mass is 10.1. The number of ether oxygens (including phenoxy) is 3. The summed E-state index contributed by atoms with van der Waals surface area (Å²) in [6.07, 6.45) is 1.82. The van der Waals surface area contributed by atoms with Crippen LogP contribution in [0.15, 0.2) is 48.7 Å². The van der Waals surface area contributed by atoms with Crippen LogP contribution in [0.25, 0.3) is 16.6 Å². The lowest BCUT2D eigenvalue weighted by Gasteiger charge is -2.20. The van der Waals surface area contributed by atoms with Crippen LogP contribution < -0.4 is 14.2 Å². The van der Waals surface area contributed by atoms with Crippen LogP contribution in [-0.2, 0) is 24.2 Å². The van der Waals surface area contributed by atoms with Crippen molar-refractivity contribution in [1.82, 2.24) is 19.1 Å². The quantitative estimate of drug-likeness (QED) is 0.206. The highest BCUT2D eigenvalue weighted by Gasteiger charge is 2.21. The average Bonchev–Trinajstić information content (AvgIpc) is 3.29. The summed E-state index contributed by atoms with van der Waals surface area (Å²) >= 11 is 3.82. The van der Waals surface area contributed by atoms with E-state index in [0.29, 0.717) is 45.8 Å². The van der Waals surface area contributed by atoms with Crippen molar-refractivity contribution in [1.29, 1.82) is 0 Å². The summed E-state index contributed by atoms with van der Waals surface area (Å²) in [5.74, 6) is 0.459. The third kappa shape index (κ3) is 5.73. The van der Waals surface area contributed by atoms with Crippen molar-refractivity contribution in [2.24, 2.45) is 0 Å². The Hall–Kier alpha value is -3.71. The van der Waals surface area contributed by atoms with Gasteiger partial charge in [-0.2, -0.15) is 9.40 Å². The van der Waals surface area contributed by atoms with E-state index >= 15 is 0 Å². The zero-order chi connectivity index (χ0) is 27.4. The molecule has 0 fully saturated rings. The summed E-state index contributed by atoms with van der Waals surface area (Å²) in [4.78, 5) is 15.7. The molecule has 1 unspecified atom stereocenters. The fourth-order valence-electron chi connectivity index (χ4n) is 4.04. The smallest absolute Gasteiger partial charge is 0.357 e. The van der Waals surface area contributed by atoms with Gasteiger partial charge in [-0.1, -0.05) is 23.7 Å². The number of hydrogen-bond acceptors (Lipinski definition) is 7. The highest BCUT2D eigenvalue weighted by atomic mass is 35.5. The number of pyridine rings is 1. The number of carboxylic acids is 1. The highest BCUT2D eigenvalue weighted by Crippen LogP contribution is 2.31. The van der Waals surface area contributed by atoms with Gasteiger partial charge in [-0.25, -0.2) is 18.7 Å². The molecule has 0 saturated heterocycles. The number of aromatic nitrogens is 3. The van der Waals surface area contributed by atoms with Crippen LogP contribution in [0.2, 0.25) is 5.15 Å². The third-order valence-corrected chi connectivity index (χ3v) is 6.87. The van der Waals surface area contributed by atoms with E-state index < -0.39 is 17.2 Å². The molecule has 0 aliphatic carbocycles. The Labute approximate surface area is 225 Å². The predicted octanol–water partition coefficient (Wildman–Crippen LogP) is 3.98. The lowest BCUT2D eigenvalue weighted by molar-refractivity contribution is 0.0692. The molecule has 0 saturated carbocycles. The molecule has 0 aliphatic heterocycles. The summed E-state index contributed by atoms with van der Waals surface area (Å²) in [5.41, 5.74) is 2.30. The molecule has 0 bridgehead atoms. The van der Waals surface area contributed by atoms with Gasteiger partial charge in [0.25, 0.3) is 0 Å². The van der Waals surface area contributed by atoms with Crippen molar-refractivity contribution >= 4 is 39.7 Å². The lowest BCUT2D eigenvalue weighted by Crippen LogP contribution is -2.27. The predicted molar refractivity (Wildman–Crippen MR) is 142 cm³/mol. The van der Waals surface area contributed by atoms with Crippen LogP contribution in [0.3, 0.4) is 0 Å². The SMILES string of the molecule is COc1ccc(CCN(Cc2ccc(-n3nc(C(=O)O)c4cnc(Cl)cc43)c(OC)c2)S(=O)O)c(OC)c1. The minimum absolute atomic E-state index is 0.147. The van der Waals surface area contributed by atoms with E-state index in [-0.39, 0.29) is 23.9 Å². The van der Waals surface area contributed by atoms with E-state index in [1.54, 1.807) is 44.6 Å². The molecule has 200 valence electrons. The van der Waals surface area contributed by atoms with Crippen LogP contribution in [0.4, 0.5) is 0 Å². The summed E-state index contributed by atoms with van der Waals surface area (Å²) in [7, 11) is 4.59. The second-order valence-electron chi connectivity index (χ2n) is 8.12. The number of carbonyl (C=O) groups is 1. The van der Waals surface area contributed by atoms with Crippen LogP contribution in [-0.4, -0.2) is 66.8 Å². The van der Waals surface area contributed by atoms with Crippen LogP contribution in [0, 0.1) is 0 Å². The minimum Gasteiger partial charge on any atom is -0.497 e. The normalized spacial score (nSPS) is 12.1. The molecule has 38 heavy (non-hydrogen) atoms. The van der Waals surface area contributed by atoms with Gasteiger partial charge in [0.15, 0.2) is 5.69 Å². The summed E-state index contributed by atoms with van der Waals surface area (Å²) in [5, 5.41) is 14.3. The summed E-state index contributed by atoms with van der Waals surface area (Å²) < 4.78 is 41.1.